The van der Waals surface area contributed by atoms with Gasteiger partial charge in [-0.1, -0.05) is 33.6 Å². The van der Waals surface area contributed by atoms with Crippen molar-refractivity contribution in [3.63, 3.8) is 0 Å². The van der Waals surface area contributed by atoms with Crippen molar-refractivity contribution in [2.24, 2.45) is 35.5 Å². The Labute approximate surface area is 104 Å². The Balaban J connectivity index is 1.92. The molecule has 0 N–H and O–H groups in total. The van der Waals surface area contributed by atoms with Gasteiger partial charge in [-0.3, -0.25) is 4.79 Å². The van der Waals surface area contributed by atoms with Crippen LogP contribution in [-0.4, -0.2) is 12.1 Å². The van der Waals surface area contributed by atoms with E-state index in [1.54, 1.807) is 0 Å². The Morgan fingerprint density at radius 3 is 2.35 bits per heavy atom. The lowest BCUT2D eigenvalue weighted by Crippen LogP contribution is -2.32. The smallest absolute Gasteiger partial charge is 0.309 e. The maximum atomic E-state index is 11.8. The van der Waals surface area contributed by atoms with E-state index in [0.29, 0.717) is 11.8 Å². The van der Waals surface area contributed by atoms with Crippen LogP contribution in [0.4, 0.5) is 0 Å². The summed E-state index contributed by atoms with van der Waals surface area (Å²) in [6.07, 6.45) is 5.40. The molecule has 2 saturated carbocycles. The highest BCUT2D eigenvalue weighted by molar-refractivity contribution is 5.74. The average Bonchev–Trinajstić information content (AvgIpc) is 2.75. The predicted octanol–water partition coefficient (Wildman–Crippen LogP) is 3.26. The summed E-state index contributed by atoms with van der Waals surface area (Å²) < 4.78 is 5.75. The van der Waals surface area contributed by atoms with Gasteiger partial charge >= 0.3 is 5.97 Å². The van der Waals surface area contributed by atoms with Crippen LogP contribution in [0.1, 0.15) is 46.5 Å². The van der Waals surface area contributed by atoms with Crippen LogP contribution in [0.5, 0.6) is 0 Å². The van der Waals surface area contributed by atoms with Gasteiger partial charge < -0.3 is 4.74 Å². The fraction of sp³-hybridized carbons (Fsp3) is 0.933. The molecular weight excluding hydrogens is 212 g/mol. The van der Waals surface area contributed by atoms with Crippen LogP contribution in [0, 0.1) is 35.5 Å². The van der Waals surface area contributed by atoms with Crippen LogP contribution in [0.25, 0.3) is 0 Å². The molecule has 17 heavy (non-hydrogen) atoms. The normalized spacial score (nSPS) is 53.8. The first kappa shape index (κ1) is 11.6. The summed E-state index contributed by atoms with van der Waals surface area (Å²) in [6, 6.07) is 0. The monoisotopic (exact) mass is 236 g/mol. The molecule has 0 amide bonds. The Hall–Kier alpha value is -0.530. The maximum absolute atomic E-state index is 11.8. The molecule has 2 aliphatic carbocycles. The van der Waals surface area contributed by atoms with Crippen LogP contribution in [0.2, 0.25) is 0 Å². The Morgan fingerprint density at radius 1 is 0.941 bits per heavy atom. The zero-order valence-corrected chi connectivity index (χ0v) is 11.2. The van der Waals surface area contributed by atoms with Crippen molar-refractivity contribution in [3.8, 4) is 0 Å². The third-order valence-electron chi connectivity index (χ3n) is 5.86. The molecule has 0 radical (unpaired) electrons. The van der Waals surface area contributed by atoms with Crippen molar-refractivity contribution in [2.45, 2.75) is 52.6 Å². The molecule has 3 rings (SSSR count). The summed E-state index contributed by atoms with van der Waals surface area (Å²) in [5.74, 6) is 3.71. The van der Waals surface area contributed by atoms with E-state index >= 15 is 0 Å². The predicted molar refractivity (Wildman–Crippen MR) is 66.3 cm³/mol. The molecule has 0 aromatic heterocycles. The van der Waals surface area contributed by atoms with Crippen LogP contribution in [-0.2, 0) is 9.53 Å². The number of carbonyl (C=O) groups is 1. The number of ether oxygens (including phenoxy) is 1. The third kappa shape index (κ3) is 1.63. The van der Waals surface area contributed by atoms with Crippen LogP contribution < -0.4 is 0 Å². The number of fused-ring (bicyclic) bond motifs is 3. The first-order chi connectivity index (χ1) is 8.09. The molecule has 1 aliphatic heterocycles. The minimum Gasteiger partial charge on any atom is -0.462 e. The molecule has 0 unspecified atom stereocenters. The van der Waals surface area contributed by atoms with Gasteiger partial charge in [-0.15, -0.1) is 0 Å². The Morgan fingerprint density at radius 2 is 1.59 bits per heavy atom. The maximum Gasteiger partial charge on any atom is 0.309 e. The van der Waals surface area contributed by atoms with Crippen molar-refractivity contribution in [1.29, 1.82) is 0 Å². The summed E-state index contributed by atoms with van der Waals surface area (Å²) >= 11 is 0. The molecule has 2 nitrogen and oxygen atoms in total. The molecule has 0 spiro atoms. The fourth-order valence-electron chi connectivity index (χ4n) is 4.73. The van der Waals surface area contributed by atoms with E-state index < -0.39 is 0 Å². The second-order valence-corrected chi connectivity index (χ2v) is 6.70. The second kappa shape index (κ2) is 4.00. The van der Waals surface area contributed by atoms with Crippen LogP contribution in [0.3, 0.4) is 0 Å². The van der Waals surface area contributed by atoms with Gasteiger partial charge in [0.1, 0.15) is 6.10 Å². The van der Waals surface area contributed by atoms with Gasteiger partial charge in [0.05, 0.1) is 5.92 Å². The van der Waals surface area contributed by atoms with E-state index in [1.807, 2.05) is 0 Å². The van der Waals surface area contributed by atoms with Crippen molar-refractivity contribution in [1.82, 2.24) is 0 Å². The van der Waals surface area contributed by atoms with E-state index in [1.165, 1.54) is 25.7 Å². The highest BCUT2D eigenvalue weighted by Gasteiger charge is 2.53. The summed E-state index contributed by atoms with van der Waals surface area (Å²) in [5, 5.41) is 0. The summed E-state index contributed by atoms with van der Waals surface area (Å²) in [5.41, 5.74) is 0. The topological polar surface area (TPSA) is 26.3 Å². The van der Waals surface area contributed by atoms with E-state index in [2.05, 4.69) is 20.8 Å². The Bertz CT molecular complexity index is 325. The van der Waals surface area contributed by atoms with E-state index in [-0.39, 0.29) is 18.0 Å². The van der Waals surface area contributed by atoms with Gasteiger partial charge in [-0.05, 0) is 30.6 Å². The van der Waals surface area contributed by atoms with Crippen LogP contribution in [0.15, 0.2) is 0 Å². The molecule has 3 aliphatic rings. The first-order valence-corrected chi connectivity index (χ1v) is 7.30. The number of carbonyl (C=O) groups excluding carboxylic acids is 1. The summed E-state index contributed by atoms with van der Waals surface area (Å²) in [4.78, 5) is 11.8. The third-order valence-corrected chi connectivity index (χ3v) is 5.86. The van der Waals surface area contributed by atoms with Gasteiger partial charge in [-0.2, -0.15) is 0 Å². The number of hydrogen-bond donors (Lipinski definition) is 0. The van der Waals surface area contributed by atoms with Gasteiger partial charge in [0.2, 0.25) is 0 Å². The first-order valence-electron chi connectivity index (χ1n) is 7.30. The minimum absolute atomic E-state index is 0.0624. The highest BCUT2D eigenvalue weighted by atomic mass is 16.6. The molecule has 1 saturated heterocycles. The SMILES string of the molecule is C[C@@H]1CC[C@H]2[C@H]1[C@H]1OC(=O)[C@H](C)[C@H]1CC[C@@H]2C. The van der Waals surface area contributed by atoms with Crippen molar-refractivity contribution < 1.29 is 9.53 Å². The lowest BCUT2D eigenvalue weighted by Gasteiger charge is -2.30. The fourth-order valence-corrected chi connectivity index (χ4v) is 4.73. The second-order valence-electron chi connectivity index (χ2n) is 6.70. The van der Waals surface area contributed by atoms with Crippen molar-refractivity contribution in [2.75, 3.05) is 0 Å². The van der Waals surface area contributed by atoms with Gasteiger partial charge in [-0.25, -0.2) is 0 Å². The minimum atomic E-state index is 0.0624. The molecule has 96 valence electrons. The zero-order valence-electron chi connectivity index (χ0n) is 11.2. The molecule has 3 fully saturated rings. The largest absolute Gasteiger partial charge is 0.462 e. The molecular formula is C15H24O2. The summed E-state index contributed by atoms with van der Waals surface area (Å²) in [6.45, 7) is 6.83. The molecule has 7 atom stereocenters. The molecule has 2 heteroatoms. The van der Waals surface area contributed by atoms with E-state index in [0.717, 1.165) is 17.8 Å². The van der Waals surface area contributed by atoms with Gasteiger partial charge in [0.25, 0.3) is 0 Å². The standard InChI is InChI=1S/C15H24O2/c1-8-4-7-12-10(3)15(16)17-14(12)13-9(2)5-6-11(8)13/h8-14H,4-7H2,1-3H3/t8-,9+,10+,11+,12+,13-,14-/m0/s1. The quantitative estimate of drug-likeness (QED) is 0.603. The lowest BCUT2D eigenvalue weighted by atomic mass is 9.77. The van der Waals surface area contributed by atoms with Gasteiger partial charge in [0.15, 0.2) is 0 Å². The van der Waals surface area contributed by atoms with Crippen LogP contribution >= 0.6 is 0 Å². The lowest BCUT2D eigenvalue weighted by molar-refractivity contribution is -0.146. The van der Waals surface area contributed by atoms with Gasteiger partial charge in [0, 0.05) is 11.8 Å². The number of hydrogen-bond acceptors (Lipinski definition) is 2. The molecule has 0 aromatic rings. The number of esters is 1. The van der Waals surface area contributed by atoms with Crippen molar-refractivity contribution >= 4 is 5.97 Å². The highest BCUT2D eigenvalue weighted by Crippen LogP contribution is 2.52. The van der Waals surface area contributed by atoms with E-state index in [9.17, 15) is 4.79 Å². The molecule has 1 heterocycles. The molecule has 0 aromatic carbocycles. The number of rotatable bonds is 0. The van der Waals surface area contributed by atoms with E-state index in [4.69, 9.17) is 4.74 Å². The Kier molecular flexibility index (Phi) is 2.72. The summed E-state index contributed by atoms with van der Waals surface area (Å²) in [7, 11) is 0. The van der Waals surface area contributed by atoms with Crippen molar-refractivity contribution in [3.05, 3.63) is 0 Å². The average molecular weight is 236 g/mol. The zero-order chi connectivity index (χ0) is 12.2. The molecule has 0 bridgehead atoms.